The van der Waals surface area contributed by atoms with Crippen molar-refractivity contribution in [1.82, 2.24) is 0 Å². The number of ether oxygens (including phenoxy) is 1. The summed E-state index contributed by atoms with van der Waals surface area (Å²) >= 11 is 0. The van der Waals surface area contributed by atoms with Gasteiger partial charge in [-0.25, -0.2) is 0 Å². The second-order valence-electron chi connectivity index (χ2n) is 0.773. The summed E-state index contributed by atoms with van der Waals surface area (Å²) in [5.41, 5.74) is 0. The van der Waals surface area contributed by atoms with Crippen LogP contribution >= 0.6 is 0 Å². The molecule has 2 nitrogen and oxygen atoms in total. The molecule has 0 aliphatic rings. The zero-order chi connectivity index (χ0) is 5.54. The zero-order valence-electron chi connectivity index (χ0n) is 3.79. The van der Waals surface area contributed by atoms with Crippen LogP contribution in [0.1, 0.15) is 0 Å². The molecular weight excluding hydrogens is 90.1 g/mol. The Hall–Kier alpha value is -1.23. The minimum atomic E-state index is 1.26. The van der Waals surface area contributed by atoms with Gasteiger partial charge in [0.2, 0.25) is 0 Å². The first-order chi connectivity index (χ1) is 3.41. The number of allylic oxidation sites excluding steroid dienone is 2. The van der Waals surface area contributed by atoms with Crippen molar-refractivity contribution in [3.05, 3.63) is 25.0 Å². The molecular formula is C5H5NO. The van der Waals surface area contributed by atoms with E-state index in [-0.39, 0.29) is 0 Å². The Kier molecular flexibility index (Phi) is 3.93. The molecule has 0 saturated heterocycles. The van der Waals surface area contributed by atoms with Gasteiger partial charge in [-0.1, -0.05) is 12.7 Å². The molecule has 0 amide bonds. The van der Waals surface area contributed by atoms with Gasteiger partial charge in [0.25, 0.3) is 6.26 Å². The number of hydrogen-bond acceptors (Lipinski definition) is 2. The van der Waals surface area contributed by atoms with Gasteiger partial charge >= 0.3 is 0 Å². The van der Waals surface area contributed by atoms with Crippen LogP contribution in [0.3, 0.4) is 0 Å². The zero-order valence-corrected chi connectivity index (χ0v) is 3.79. The van der Waals surface area contributed by atoms with Gasteiger partial charge in [0, 0.05) is 0 Å². The molecule has 0 aromatic rings. The third kappa shape index (κ3) is 4.77. The van der Waals surface area contributed by atoms with Crippen molar-refractivity contribution in [2.75, 3.05) is 0 Å². The second-order valence-corrected chi connectivity index (χ2v) is 0.773. The summed E-state index contributed by atoms with van der Waals surface area (Å²) in [6, 6.07) is 0. The Morgan fingerprint density at radius 2 is 2.43 bits per heavy atom. The first-order valence-corrected chi connectivity index (χ1v) is 1.74. The first-order valence-electron chi connectivity index (χ1n) is 1.74. The molecule has 0 aromatic heterocycles. The van der Waals surface area contributed by atoms with Gasteiger partial charge in [-0.05, 0) is 6.08 Å². The maximum atomic E-state index is 7.74. The minimum Gasteiger partial charge on any atom is -0.396 e. The second kappa shape index (κ2) is 4.77. The lowest BCUT2D eigenvalue weighted by Crippen LogP contribution is -1.58. The lowest BCUT2D eigenvalue weighted by Gasteiger charge is -1.72. The van der Waals surface area contributed by atoms with E-state index in [4.69, 9.17) is 5.26 Å². The van der Waals surface area contributed by atoms with Crippen LogP contribution in [0.2, 0.25) is 0 Å². The van der Waals surface area contributed by atoms with Crippen molar-refractivity contribution in [3.63, 3.8) is 0 Å². The molecule has 0 atom stereocenters. The minimum absolute atomic E-state index is 1.26. The normalized spacial score (nSPS) is 7.86. The monoisotopic (exact) mass is 95.0 g/mol. The van der Waals surface area contributed by atoms with E-state index in [0.29, 0.717) is 0 Å². The summed E-state index contributed by atoms with van der Waals surface area (Å²) in [6.07, 6.45) is 5.78. The number of nitrogens with zero attached hydrogens (tertiary/aromatic N) is 1. The molecule has 0 aliphatic heterocycles. The Morgan fingerprint density at radius 3 is 2.86 bits per heavy atom. The lowest BCUT2D eigenvalue weighted by atomic mass is 10.6. The summed E-state index contributed by atoms with van der Waals surface area (Å²) < 4.78 is 4.13. The van der Waals surface area contributed by atoms with Crippen molar-refractivity contribution >= 4 is 0 Å². The standard InChI is InChI=1S/C5H5NO/c1-2-3-4-7-5-6/h2-4H,1H2/b4-3-. The van der Waals surface area contributed by atoms with Crippen LogP contribution < -0.4 is 0 Å². The van der Waals surface area contributed by atoms with Gasteiger partial charge < -0.3 is 4.74 Å². The molecule has 0 aromatic carbocycles. The third-order valence-electron chi connectivity index (χ3n) is 0.335. The van der Waals surface area contributed by atoms with Crippen molar-refractivity contribution in [3.8, 4) is 6.26 Å². The average molecular weight is 95.1 g/mol. The predicted molar refractivity (Wildman–Crippen MR) is 26.0 cm³/mol. The number of rotatable bonds is 2. The smallest absolute Gasteiger partial charge is 0.291 e. The lowest BCUT2D eigenvalue weighted by molar-refractivity contribution is 0.429. The largest absolute Gasteiger partial charge is 0.396 e. The Labute approximate surface area is 42.3 Å². The van der Waals surface area contributed by atoms with Crippen LogP contribution in [0, 0.1) is 11.5 Å². The molecule has 36 valence electrons. The summed E-state index contributed by atoms with van der Waals surface area (Å²) in [5, 5.41) is 7.74. The van der Waals surface area contributed by atoms with Crippen molar-refractivity contribution in [1.29, 1.82) is 5.26 Å². The molecule has 7 heavy (non-hydrogen) atoms. The van der Waals surface area contributed by atoms with Gasteiger partial charge in [-0.3, -0.25) is 0 Å². The molecule has 0 radical (unpaired) electrons. The molecule has 0 aliphatic carbocycles. The maximum absolute atomic E-state index is 7.74. The molecule has 0 N–H and O–H groups in total. The fourth-order valence-electron chi connectivity index (χ4n) is 0.125. The quantitative estimate of drug-likeness (QED) is 0.293. The summed E-state index contributed by atoms with van der Waals surface area (Å²) in [4.78, 5) is 0. The average Bonchev–Trinajstić information content (AvgIpc) is 1.69. The van der Waals surface area contributed by atoms with E-state index in [1.54, 1.807) is 0 Å². The van der Waals surface area contributed by atoms with E-state index in [1.807, 2.05) is 0 Å². The van der Waals surface area contributed by atoms with Crippen LogP contribution in [-0.4, -0.2) is 0 Å². The van der Waals surface area contributed by atoms with Crippen molar-refractivity contribution in [2.45, 2.75) is 0 Å². The first kappa shape index (κ1) is 5.77. The van der Waals surface area contributed by atoms with Gasteiger partial charge in [-0.2, -0.15) is 0 Å². The fraction of sp³-hybridized carbons (Fsp3) is 0. The van der Waals surface area contributed by atoms with Crippen molar-refractivity contribution in [2.24, 2.45) is 0 Å². The number of hydrogen-bond donors (Lipinski definition) is 0. The van der Waals surface area contributed by atoms with Gasteiger partial charge in [0.15, 0.2) is 0 Å². The predicted octanol–water partition coefficient (Wildman–Crippen LogP) is 1.18. The molecule has 0 spiro atoms. The molecule has 0 saturated carbocycles. The molecule has 0 rings (SSSR count). The third-order valence-corrected chi connectivity index (χ3v) is 0.335. The van der Waals surface area contributed by atoms with Crippen LogP contribution in [-0.2, 0) is 4.74 Å². The highest BCUT2D eigenvalue weighted by atomic mass is 16.5. The Bertz CT molecular complexity index is 110. The van der Waals surface area contributed by atoms with Crippen LogP contribution in [0.5, 0.6) is 0 Å². The van der Waals surface area contributed by atoms with E-state index < -0.39 is 0 Å². The van der Waals surface area contributed by atoms with E-state index in [0.717, 1.165) is 0 Å². The summed E-state index contributed by atoms with van der Waals surface area (Å²) in [7, 11) is 0. The molecule has 0 heterocycles. The van der Waals surface area contributed by atoms with Gasteiger partial charge in [0.1, 0.15) is 6.26 Å². The van der Waals surface area contributed by atoms with E-state index in [2.05, 4.69) is 11.3 Å². The summed E-state index contributed by atoms with van der Waals surface area (Å²) in [6.45, 7) is 3.36. The SMILES string of the molecule is C=C/C=C\OC#N. The Morgan fingerprint density at radius 1 is 1.71 bits per heavy atom. The van der Waals surface area contributed by atoms with Crippen molar-refractivity contribution < 1.29 is 4.74 Å². The maximum Gasteiger partial charge on any atom is 0.291 e. The van der Waals surface area contributed by atoms with Gasteiger partial charge in [0.05, 0.1) is 0 Å². The van der Waals surface area contributed by atoms with Crippen LogP contribution in [0.4, 0.5) is 0 Å². The fourth-order valence-corrected chi connectivity index (χ4v) is 0.125. The van der Waals surface area contributed by atoms with E-state index >= 15 is 0 Å². The van der Waals surface area contributed by atoms with E-state index in [9.17, 15) is 0 Å². The molecule has 0 unspecified atom stereocenters. The highest BCUT2D eigenvalue weighted by molar-refractivity contribution is 4.93. The molecule has 0 fully saturated rings. The Balaban J connectivity index is 3.13. The highest BCUT2D eigenvalue weighted by Gasteiger charge is 1.59. The van der Waals surface area contributed by atoms with Crippen LogP contribution in [0.25, 0.3) is 0 Å². The molecule has 0 bridgehead atoms. The highest BCUT2D eigenvalue weighted by Crippen LogP contribution is 1.72. The number of nitriles is 1. The van der Waals surface area contributed by atoms with E-state index in [1.165, 1.54) is 24.7 Å². The summed E-state index contributed by atoms with van der Waals surface area (Å²) in [5.74, 6) is 0. The van der Waals surface area contributed by atoms with Gasteiger partial charge in [-0.15, -0.1) is 5.26 Å². The molecule has 2 heteroatoms. The van der Waals surface area contributed by atoms with Crippen LogP contribution in [0.15, 0.2) is 25.0 Å². The topological polar surface area (TPSA) is 33.0 Å².